The summed E-state index contributed by atoms with van der Waals surface area (Å²) in [5.41, 5.74) is 2.25. The molecular formula is C24H15N5O2. The van der Waals surface area contributed by atoms with E-state index in [9.17, 15) is 15.6 Å². The third-order valence-electron chi connectivity index (χ3n) is 4.62. The van der Waals surface area contributed by atoms with Gasteiger partial charge in [-0.05, 0) is 30.3 Å². The van der Waals surface area contributed by atoms with E-state index >= 15 is 0 Å². The second-order valence-electron chi connectivity index (χ2n) is 6.54. The zero-order valence-corrected chi connectivity index (χ0v) is 16.4. The van der Waals surface area contributed by atoms with Crippen LogP contribution in [-0.4, -0.2) is 27.2 Å². The van der Waals surface area contributed by atoms with Crippen molar-refractivity contribution in [3.63, 3.8) is 0 Å². The molecule has 148 valence electrons. The highest BCUT2D eigenvalue weighted by atomic mass is 16.5. The van der Waals surface area contributed by atoms with Crippen molar-refractivity contribution in [3.8, 4) is 57.8 Å². The van der Waals surface area contributed by atoms with Crippen LogP contribution in [0.25, 0.3) is 34.2 Å². The lowest BCUT2D eigenvalue weighted by molar-refractivity contribution is 0.408. The summed E-state index contributed by atoms with van der Waals surface area (Å²) in [7, 11) is 1.51. The molecule has 0 saturated heterocycles. The predicted molar refractivity (Wildman–Crippen MR) is 114 cm³/mol. The highest BCUT2D eigenvalue weighted by molar-refractivity contribution is 5.73. The Morgan fingerprint density at radius 2 is 1.48 bits per heavy atom. The van der Waals surface area contributed by atoms with E-state index in [4.69, 9.17) is 4.74 Å². The van der Waals surface area contributed by atoms with Crippen molar-refractivity contribution in [3.05, 3.63) is 77.9 Å². The molecule has 0 saturated carbocycles. The summed E-state index contributed by atoms with van der Waals surface area (Å²) in [6, 6.07) is 23.0. The first-order valence-electron chi connectivity index (χ1n) is 9.26. The number of nitrogens with zero attached hydrogens (tertiary/aromatic N) is 5. The van der Waals surface area contributed by atoms with E-state index in [0.717, 1.165) is 5.56 Å². The Morgan fingerprint density at radius 1 is 0.774 bits per heavy atom. The second-order valence-corrected chi connectivity index (χ2v) is 6.54. The molecule has 0 aliphatic carbocycles. The Hall–Kier alpha value is -4.75. The standard InChI is InChI=1S/C24H15N5O2/c1-31-18-9-10-19(21(30)12-18)23-27-22(16-5-3-2-4-6-16)28-24(29-23)20-11-15(13-25)7-8-17(20)14-26/h2-12,30H,1H3. The molecule has 31 heavy (non-hydrogen) atoms. The summed E-state index contributed by atoms with van der Waals surface area (Å²) in [5.74, 6) is 1.28. The Labute approximate surface area is 178 Å². The first kappa shape index (κ1) is 19.6. The highest BCUT2D eigenvalue weighted by Crippen LogP contribution is 2.33. The van der Waals surface area contributed by atoms with Gasteiger partial charge in [-0.25, -0.2) is 15.0 Å². The average molecular weight is 405 g/mol. The summed E-state index contributed by atoms with van der Waals surface area (Å²) >= 11 is 0. The van der Waals surface area contributed by atoms with Crippen LogP contribution in [0.5, 0.6) is 11.5 Å². The van der Waals surface area contributed by atoms with E-state index < -0.39 is 0 Å². The van der Waals surface area contributed by atoms with E-state index in [1.54, 1.807) is 30.3 Å². The Balaban J connectivity index is 1.98. The van der Waals surface area contributed by atoms with Crippen molar-refractivity contribution in [1.29, 1.82) is 10.5 Å². The number of methoxy groups -OCH3 is 1. The molecule has 7 heteroatoms. The van der Waals surface area contributed by atoms with E-state index in [1.807, 2.05) is 30.3 Å². The van der Waals surface area contributed by atoms with Gasteiger partial charge in [-0.15, -0.1) is 0 Å². The van der Waals surface area contributed by atoms with Gasteiger partial charge in [0.25, 0.3) is 0 Å². The van der Waals surface area contributed by atoms with Crippen LogP contribution < -0.4 is 4.74 Å². The fourth-order valence-electron chi connectivity index (χ4n) is 3.06. The minimum atomic E-state index is -0.0539. The molecule has 0 fully saturated rings. The van der Waals surface area contributed by atoms with Gasteiger partial charge in [0.1, 0.15) is 11.5 Å². The van der Waals surface area contributed by atoms with Gasteiger partial charge >= 0.3 is 0 Å². The number of hydrogen-bond donors (Lipinski definition) is 1. The molecule has 0 aliphatic rings. The largest absolute Gasteiger partial charge is 0.507 e. The van der Waals surface area contributed by atoms with E-state index in [1.165, 1.54) is 13.2 Å². The van der Waals surface area contributed by atoms with Crippen LogP contribution in [0, 0.1) is 22.7 Å². The first-order chi connectivity index (χ1) is 15.1. The Morgan fingerprint density at radius 3 is 2.13 bits per heavy atom. The minimum Gasteiger partial charge on any atom is -0.507 e. The lowest BCUT2D eigenvalue weighted by atomic mass is 10.0. The van der Waals surface area contributed by atoms with Crippen molar-refractivity contribution in [2.45, 2.75) is 0 Å². The monoisotopic (exact) mass is 405 g/mol. The first-order valence-corrected chi connectivity index (χ1v) is 9.26. The topological polar surface area (TPSA) is 116 Å². The number of aromatic hydroxyl groups is 1. The summed E-state index contributed by atoms with van der Waals surface area (Å²) < 4.78 is 5.15. The molecule has 0 bridgehead atoms. The molecule has 4 aromatic rings. The zero-order chi connectivity index (χ0) is 21.8. The molecule has 4 rings (SSSR count). The quantitative estimate of drug-likeness (QED) is 0.537. The molecule has 0 radical (unpaired) electrons. The fourth-order valence-corrected chi connectivity index (χ4v) is 3.06. The summed E-state index contributed by atoms with van der Waals surface area (Å²) in [5, 5.41) is 29.4. The van der Waals surface area contributed by atoms with Crippen molar-refractivity contribution < 1.29 is 9.84 Å². The predicted octanol–water partition coefficient (Wildman–Crippen LogP) is 4.33. The van der Waals surface area contributed by atoms with E-state index in [-0.39, 0.29) is 17.4 Å². The van der Waals surface area contributed by atoms with Gasteiger partial charge in [-0.1, -0.05) is 30.3 Å². The molecule has 0 atom stereocenters. The lowest BCUT2D eigenvalue weighted by Crippen LogP contribution is -2.01. The smallest absolute Gasteiger partial charge is 0.167 e. The molecule has 1 heterocycles. The molecule has 0 unspecified atom stereocenters. The minimum absolute atomic E-state index is 0.0539. The van der Waals surface area contributed by atoms with Gasteiger partial charge in [-0.3, -0.25) is 0 Å². The van der Waals surface area contributed by atoms with Gasteiger partial charge in [0.15, 0.2) is 17.5 Å². The maximum Gasteiger partial charge on any atom is 0.167 e. The van der Waals surface area contributed by atoms with Crippen LogP contribution in [0.2, 0.25) is 0 Å². The molecular weight excluding hydrogens is 390 g/mol. The number of hydrogen-bond acceptors (Lipinski definition) is 7. The molecule has 7 nitrogen and oxygen atoms in total. The molecule has 0 spiro atoms. The van der Waals surface area contributed by atoms with Gasteiger partial charge in [-0.2, -0.15) is 10.5 Å². The van der Waals surface area contributed by atoms with Crippen LogP contribution in [-0.2, 0) is 0 Å². The lowest BCUT2D eigenvalue weighted by Gasteiger charge is -2.11. The van der Waals surface area contributed by atoms with Gasteiger partial charge < -0.3 is 9.84 Å². The maximum atomic E-state index is 10.5. The molecule has 0 amide bonds. The van der Waals surface area contributed by atoms with Gasteiger partial charge in [0, 0.05) is 17.2 Å². The van der Waals surface area contributed by atoms with Crippen molar-refractivity contribution in [2.24, 2.45) is 0 Å². The van der Waals surface area contributed by atoms with Crippen LogP contribution in [0.4, 0.5) is 0 Å². The summed E-state index contributed by atoms with van der Waals surface area (Å²) in [4.78, 5) is 13.6. The van der Waals surface area contributed by atoms with Crippen LogP contribution in [0.15, 0.2) is 66.7 Å². The summed E-state index contributed by atoms with van der Waals surface area (Å²) in [6.07, 6.45) is 0. The van der Waals surface area contributed by atoms with Crippen LogP contribution >= 0.6 is 0 Å². The van der Waals surface area contributed by atoms with Crippen molar-refractivity contribution >= 4 is 0 Å². The SMILES string of the molecule is COc1ccc(-c2nc(-c3ccccc3)nc(-c3cc(C#N)ccc3C#N)n2)c(O)c1. The number of phenols is 1. The van der Waals surface area contributed by atoms with Crippen molar-refractivity contribution in [2.75, 3.05) is 7.11 Å². The number of nitriles is 2. The molecule has 1 N–H and O–H groups in total. The molecule has 3 aromatic carbocycles. The maximum absolute atomic E-state index is 10.5. The number of ether oxygens (including phenoxy) is 1. The normalized spacial score (nSPS) is 10.2. The van der Waals surface area contributed by atoms with Gasteiger partial charge in [0.05, 0.1) is 35.9 Å². The molecule has 1 aromatic heterocycles. The summed E-state index contributed by atoms with van der Waals surface area (Å²) in [6.45, 7) is 0. The Kier molecular flexibility index (Phi) is 5.25. The zero-order valence-electron chi connectivity index (χ0n) is 16.4. The van der Waals surface area contributed by atoms with Crippen molar-refractivity contribution in [1.82, 2.24) is 15.0 Å². The fraction of sp³-hybridized carbons (Fsp3) is 0.0417. The average Bonchev–Trinajstić information content (AvgIpc) is 2.83. The highest BCUT2D eigenvalue weighted by Gasteiger charge is 2.17. The second kappa shape index (κ2) is 8.32. The van der Waals surface area contributed by atoms with E-state index in [2.05, 4.69) is 27.1 Å². The number of rotatable bonds is 4. The number of benzene rings is 3. The van der Waals surface area contributed by atoms with E-state index in [0.29, 0.717) is 33.8 Å². The Bertz CT molecular complexity index is 1350. The third-order valence-corrected chi connectivity index (χ3v) is 4.62. The number of aromatic nitrogens is 3. The van der Waals surface area contributed by atoms with Gasteiger partial charge in [0.2, 0.25) is 0 Å². The molecule has 0 aliphatic heterocycles. The number of phenolic OH excluding ortho intramolecular Hbond substituents is 1. The third kappa shape index (κ3) is 3.89. The van der Waals surface area contributed by atoms with Crippen LogP contribution in [0.1, 0.15) is 11.1 Å². The van der Waals surface area contributed by atoms with Crippen LogP contribution in [0.3, 0.4) is 0 Å².